The van der Waals surface area contributed by atoms with E-state index in [0.29, 0.717) is 33.5 Å². The summed E-state index contributed by atoms with van der Waals surface area (Å²) in [6.45, 7) is 1.81. The summed E-state index contributed by atoms with van der Waals surface area (Å²) < 4.78 is 10.3. The van der Waals surface area contributed by atoms with Crippen molar-refractivity contribution in [3.05, 3.63) is 21.7 Å². The first-order chi connectivity index (χ1) is 8.04. The van der Waals surface area contributed by atoms with Crippen molar-refractivity contribution in [1.29, 1.82) is 0 Å². The van der Waals surface area contributed by atoms with Crippen LogP contribution in [0, 0.1) is 0 Å². The summed E-state index contributed by atoms with van der Waals surface area (Å²) >= 11 is 12.3. The highest BCUT2D eigenvalue weighted by Crippen LogP contribution is 2.41. The molecule has 0 amide bonds. The van der Waals surface area contributed by atoms with Gasteiger partial charge in [-0.25, -0.2) is 5.48 Å². The van der Waals surface area contributed by atoms with Gasteiger partial charge >= 0.3 is 0 Å². The van der Waals surface area contributed by atoms with Crippen LogP contribution in [-0.4, -0.2) is 25.5 Å². The zero-order valence-corrected chi connectivity index (χ0v) is 12.6. The van der Waals surface area contributed by atoms with Gasteiger partial charge in [0.2, 0.25) is 0 Å². The van der Waals surface area contributed by atoms with Crippen molar-refractivity contribution >= 4 is 35.6 Å². The second-order valence-electron chi connectivity index (χ2n) is 3.62. The molecule has 0 radical (unpaired) electrons. The van der Waals surface area contributed by atoms with Crippen molar-refractivity contribution < 1.29 is 14.7 Å². The molecule has 7 heteroatoms. The van der Waals surface area contributed by atoms with Crippen LogP contribution >= 0.6 is 35.6 Å². The van der Waals surface area contributed by atoms with Crippen molar-refractivity contribution in [2.24, 2.45) is 0 Å². The summed E-state index contributed by atoms with van der Waals surface area (Å²) in [5, 5.41) is 9.70. The van der Waals surface area contributed by atoms with Crippen LogP contribution in [0.2, 0.25) is 10.0 Å². The van der Waals surface area contributed by atoms with Crippen molar-refractivity contribution in [3.8, 4) is 11.5 Å². The monoisotopic (exact) mass is 315 g/mol. The van der Waals surface area contributed by atoms with Gasteiger partial charge in [-0.1, -0.05) is 23.2 Å². The Bertz CT molecular complexity index is 402. The van der Waals surface area contributed by atoms with Gasteiger partial charge in [-0.3, -0.25) is 0 Å². The second kappa shape index (κ2) is 7.92. The predicted octanol–water partition coefficient (Wildman–Crippen LogP) is 3.34. The molecule has 0 saturated carbocycles. The lowest BCUT2D eigenvalue weighted by Gasteiger charge is -2.16. The molecule has 0 heterocycles. The zero-order chi connectivity index (χ0) is 13.0. The molecular formula is C11H16Cl3NO3. The Morgan fingerprint density at radius 2 is 1.94 bits per heavy atom. The minimum absolute atomic E-state index is 0. The van der Waals surface area contributed by atoms with E-state index in [2.05, 4.69) is 5.48 Å². The lowest BCUT2D eigenvalue weighted by Crippen LogP contribution is -2.24. The third-order valence-electron chi connectivity index (χ3n) is 2.39. The summed E-state index contributed by atoms with van der Waals surface area (Å²) in [5.41, 5.74) is 2.85. The van der Waals surface area contributed by atoms with Crippen molar-refractivity contribution in [2.75, 3.05) is 14.2 Å². The lowest BCUT2D eigenvalue weighted by molar-refractivity contribution is 0.133. The Morgan fingerprint density at radius 3 is 2.39 bits per heavy atom. The van der Waals surface area contributed by atoms with Crippen LogP contribution in [0.1, 0.15) is 12.5 Å². The molecule has 1 rings (SSSR count). The van der Waals surface area contributed by atoms with Gasteiger partial charge in [0.1, 0.15) is 0 Å². The first kappa shape index (κ1) is 17.6. The summed E-state index contributed by atoms with van der Waals surface area (Å²) in [4.78, 5) is 0. The third-order valence-corrected chi connectivity index (χ3v) is 3.13. The van der Waals surface area contributed by atoms with E-state index < -0.39 is 0 Å². The van der Waals surface area contributed by atoms with E-state index in [0.717, 1.165) is 0 Å². The quantitative estimate of drug-likeness (QED) is 0.818. The second-order valence-corrected chi connectivity index (χ2v) is 4.41. The van der Waals surface area contributed by atoms with Gasteiger partial charge in [0, 0.05) is 17.1 Å². The Labute approximate surface area is 123 Å². The smallest absolute Gasteiger partial charge is 0.179 e. The molecule has 1 unspecified atom stereocenters. The largest absolute Gasteiger partial charge is 0.493 e. The topological polar surface area (TPSA) is 50.7 Å². The summed E-state index contributed by atoms with van der Waals surface area (Å²) in [5.74, 6) is 0.926. The molecule has 0 aromatic heterocycles. The Morgan fingerprint density at radius 1 is 1.33 bits per heavy atom. The summed E-state index contributed by atoms with van der Waals surface area (Å²) in [6.07, 6.45) is 0.481. The number of hydrogen-bond donors (Lipinski definition) is 2. The molecule has 0 aliphatic rings. The number of hydroxylamine groups is 1. The number of ether oxygens (including phenoxy) is 2. The highest BCUT2D eigenvalue weighted by molar-refractivity contribution is 6.37. The molecule has 0 aliphatic heterocycles. The third kappa shape index (κ3) is 3.80. The van der Waals surface area contributed by atoms with Gasteiger partial charge in [-0.05, 0) is 18.9 Å². The first-order valence-electron chi connectivity index (χ1n) is 5.03. The number of benzene rings is 1. The molecule has 0 aliphatic carbocycles. The van der Waals surface area contributed by atoms with E-state index in [-0.39, 0.29) is 18.4 Å². The normalized spacial score (nSPS) is 11.7. The summed E-state index contributed by atoms with van der Waals surface area (Å²) in [6, 6.07) is 1.48. The molecule has 104 valence electrons. The molecular weight excluding hydrogens is 300 g/mol. The number of halogens is 3. The van der Waals surface area contributed by atoms with Gasteiger partial charge in [0.25, 0.3) is 0 Å². The van der Waals surface area contributed by atoms with Crippen molar-refractivity contribution in [2.45, 2.75) is 19.4 Å². The number of rotatable bonds is 5. The Hall–Kier alpha value is -0.390. The molecule has 4 nitrogen and oxygen atoms in total. The first-order valence-corrected chi connectivity index (χ1v) is 5.79. The van der Waals surface area contributed by atoms with E-state index in [9.17, 15) is 0 Å². The van der Waals surface area contributed by atoms with Gasteiger partial charge in [-0.15, -0.1) is 12.4 Å². The SMILES string of the molecule is COc1cc(Cl)c(CC(C)NO)c(Cl)c1OC.Cl. The molecule has 0 bridgehead atoms. The van der Waals surface area contributed by atoms with Gasteiger partial charge in [-0.2, -0.15) is 0 Å². The average molecular weight is 317 g/mol. The van der Waals surface area contributed by atoms with E-state index in [4.69, 9.17) is 37.9 Å². The van der Waals surface area contributed by atoms with Crippen LogP contribution in [0.15, 0.2) is 6.07 Å². The van der Waals surface area contributed by atoms with Gasteiger partial charge < -0.3 is 14.7 Å². The Balaban J connectivity index is 0.00000289. The van der Waals surface area contributed by atoms with Crippen molar-refractivity contribution in [3.63, 3.8) is 0 Å². The molecule has 1 aromatic rings. The molecule has 0 saturated heterocycles. The standard InChI is InChI=1S/C11H15Cl2NO3.ClH/c1-6(14-15)4-7-8(12)5-9(16-2)11(17-3)10(7)13;/h5-6,14-15H,4H2,1-3H3;1H. The fraction of sp³-hybridized carbons (Fsp3) is 0.455. The van der Waals surface area contributed by atoms with Gasteiger partial charge in [0.15, 0.2) is 11.5 Å². The lowest BCUT2D eigenvalue weighted by atomic mass is 10.1. The average Bonchev–Trinajstić information content (AvgIpc) is 2.33. The maximum absolute atomic E-state index is 8.81. The predicted molar refractivity (Wildman–Crippen MR) is 74.9 cm³/mol. The highest BCUT2D eigenvalue weighted by Gasteiger charge is 2.18. The fourth-order valence-corrected chi connectivity index (χ4v) is 2.17. The fourth-order valence-electron chi connectivity index (χ4n) is 1.50. The van der Waals surface area contributed by atoms with Crippen LogP contribution < -0.4 is 15.0 Å². The molecule has 18 heavy (non-hydrogen) atoms. The molecule has 0 fully saturated rings. The van der Waals surface area contributed by atoms with Crippen LogP contribution in [0.5, 0.6) is 11.5 Å². The van der Waals surface area contributed by atoms with Crippen LogP contribution in [0.25, 0.3) is 0 Å². The number of hydrogen-bond acceptors (Lipinski definition) is 4. The van der Waals surface area contributed by atoms with E-state index in [1.807, 2.05) is 6.92 Å². The van der Waals surface area contributed by atoms with Gasteiger partial charge in [0.05, 0.1) is 19.2 Å². The number of nitrogens with one attached hydrogen (secondary N) is 1. The molecule has 2 N–H and O–H groups in total. The van der Waals surface area contributed by atoms with Crippen LogP contribution in [0.4, 0.5) is 0 Å². The Kier molecular flexibility index (Phi) is 7.75. The minimum Gasteiger partial charge on any atom is -0.493 e. The van der Waals surface area contributed by atoms with Crippen LogP contribution in [0.3, 0.4) is 0 Å². The maximum Gasteiger partial charge on any atom is 0.179 e. The van der Waals surface area contributed by atoms with E-state index in [1.54, 1.807) is 6.07 Å². The van der Waals surface area contributed by atoms with E-state index >= 15 is 0 Å². The maximum atomic E-state index is 8.81. The highest BCUT2D eigenvalue weighted by atomic mass is 35.5. The minimum atomic E-state index is -0.164. The molecule has 1 aromatic carbocycles. The zero-order valence-electron chi connectivity index (χ0n) is 10.3. The summed E-state index contributed by atoms with van der Waals surface area (Å²) in [7, 11) is 3.03. The van der Waals surface area contributed by atoms with Crippen molar-refractivity contribution in [1.82, 2.24) is 5.48 Å². The number of methoxy groups -OCH3 is 2. The molecule has 0 spiro atoms. The molecule has 1 atom stereocenters. The van der Waals surface area contributed by atoms with Crippen LogP contribution in [-0.2, 0) is 6.42 Å². The van der Waals surface area contributed by atoms with E-state index in [1.165, 1.54) is 14.2 Å².